The first-order valence-electron chi connectivity index (χ1n) is 2.21. The molecule has 0 rings (SSSR count). The third-order valence-corrected chi connectivity index (χ3v) is 2.83. The Hall–Kier alpha value is 0.830. The van der Waals surface area contributed by atoms with Crippen LogP contribution in [0, 0.1) is 0 Å². The van der Waals surface area contributed by atoms with Crippen LogP contribution in [0.4, 0.5) is 0 Å². The Bertz CT molecular complexity index is 29.1. The number of hydrogen-bond donors (Lipinski definition) is 0. The molecule has 0 aliphatic carbocycles. The van der Waals surface area contributed by atoms with E-state index in [9.17, 15) is 0 Å². The third kappa shape index (κ3) is 6.83. The summed E-state index contributed by atoms with van der Waals surface area (Å²) in [5, 5.41) is 0.880. The van der Waals surface area contributed by atoms with Gasteiger partial charge in [0.2, 0.25) is 0 Å². The van der Waals surface area contributed by atoms with Crippen molar-refractivity contribution in [2.24, 2.45) is 0 Å². The second-order valence-corrected chi connectivity index (χ2v) is 4.63. The van der Waals surface area contributed by atoms with Crippen LogP contribution < -0.4 is 17.0 Å². The number of rotatable bonds is 1. The standard InChI is InChI=1S/C5H13S.BrH/c1-5(2)6(3)4;/h5H,1-4H3;1H/q+1;/p-1. The summed E-state index contributed by atoms with van der Waals surface area (Å²) in [4.78, 5) is 0. The molecule has 0 atom stereocenters. The van der Waals surface area contributed by atoms with Crippen LogP contribution >= 0.6 is 0 Å². The molecule has 0 amide bonds. The minimum Gasteiger partial charge on any atom is -1.00 e. The van der Waals surface area contributed by atoms with E-state index in [1.807, 2.05) is 0 Å². The summed E-state index contributed by atoms with van der Waals surface area (Å²) in [5.74, 6) is 0. The van der Waals surface area contributed by atoms with Gasteiger partial charge in [-0.1, -0.05) is 0 Å². The van der Waals surface area contributed by atoms with Crippen molar-refractivity contribution < 1.29 is 17.0 Å². The van der Waals surface area contributed by atoms with E-state index in [1.165, 1.54) is 0 Å². The molecular weight excluding hydrogens is 172 g/mol. The molecule has 0 radical (unpaired) electrons. The van der Waals surface area contributed by atoms with E-state index in [1.54, 1.807) is 0 Å². The minimum absolute atomic E-state index is 0. The van der Waals surface area contributed by atoms with Gasteiger partial charge in [0.15, 0.2) is 0 Å². The Labute approximate surface area is 59.8 Å². The van der Waals surface area contributed by atoms with E-state index >= 15 is 0 Å². The van der Waals surface area contributed by atoms with Gasteiger partial charge in [-0.3, -0.25) is 0 Å². The molecule has 0 aliphatic rings. The highest BCUT2D eigenvalue weighted by Gasteiger charge is 2.05. The van der Waals surface area contributed by atoms with Crippen molar-refractivity contribution in [2.75, 3.05) is 12.5 Å². The largest absolute Gasteiger partial charge is 1.00 e. The van der Waals surface area contributed by atoms with Crippen LogP contribution in [-0.2, 0) is 10.9 Å². The zero-order valence-electron chi connectivity index (χ0n) is 5.36. The summed E-state index contributed by atoms with van der Waals surface area (Å²) in [6.07, 6.45) is 4.54. The topological polar surface area (TPSA) is 0 Å². The first-order valence-corrected chi connectivity index (χ1v) is 4.31. The van der Waals surface area contributed by atoms with E-state index in [0.717, 1.165) is 5.25 Å². The van der Waals surface area contributed by atoms with Gasteiger partial charge in [0.05, 0.1) is 12.5 Å². The quantitative estimate of drug-likeness (QED) is 0.426. The second-order valence-electron chi connectivity index (χ2n) is 1.93. The van der Waals surface area contributed by atoms with Gasteiger partial charge < -0.3 is 17.0 Å². The molecule has 0 aromatic rings. The molecule has 0 spiro atoms. The molecule has 0 aromatic carbocycles. The number of halogens is 1. The average Bonchev–Trinajstić information content (AvgIpc) is 1.36. The molecule has 0 aromatic heterocycles. The highest BCUT2D eigenvalue weighted by molar-refractivity contribution is 7.96. The molecule has 0 saturated carbocycles. The molecule has 7 heavy (non-hydrogen) atoms. The molecule has 0 N–H and O–H groups in total. The Morgan fingerprint density at radius 2 is 1.29 bits per heavy atom. The molecular formula is C5H13BrS. The predicted octanol–water partition coefficient (Wildman–Crippen LogP) is -1.72. The van der Waals surface area contributed by atoms with Crippen molar-refractivity contribution in [3.05, 3.63) is 0 Å². The molecule has 0 unspecified atom stereocenters. The normalized spacial score (nSPS) is 9.43. The molecule has 0 aliphatic heterocycles. The maximum atomic E-state index is 2.27. The van der Waals surface area contributed by atoms with Crippen LogP contribution in [0.3, 0.4) is 0 Å². The average molecular weight is 185 g/mol. The van der Waals surface area contributed by atoms with Gasteiger partial charge in [-0.2, -0.15) is 0 Å². The van der Waals surface area contributed by atoms with E-state index in [-0.39, 0.29) is 17.0 Å². The van der Waals surface area contributed by atoms with Gasteiger partial charge in [0.25, 0.3) is 0 Å². The van der Waals surface area contributed by atoms with Crippen molar-refractivity contribution in [3.63, 3.8) is 0 Å². The summed E-state index contributed by atoms with van der Waals surface area (Å²) in [6, 6.07) is 0. The lowest BCUT2D eigenvalue weighted by Gasteiger charge is -1.95. The van der Waals surface area contributed by atoms with Gasteiger partial charge >= 0.3 is 0 Å². The third-order valence-electron chi connectivity index (χ3n) is 0.943. The van der Waals surface area contributed by atoms with Gasteiger partial charge in [0.1, 0.15) is 5.25 Å². The fourth-order valence-corrected chi connectivity index (χ4v) is 0. The maximum absolute atomic E-state index is 2.27. The van der Waals surface area contributed by atoms with Crippen LogP contribution in [0.5, 0.6) is 0 Å². The molecule has 0 bridgehead atoms. The summed E-state index contributed by atoms with van der Waals surface area (Å²) in [7, 11) is 0.633. The molecule has 0 fully saturated rings. The van der Waals surface area contributed by atoms with E-state index in [0.29, 0.717) is 10.9 Å². The lowest BCUT2D eigenvalue weighted by Crippen LogP contribution is -3.00. The molecule has 0 saturated heterocycles. The monoisotopic (exact) mass is 184 g/mol. The van der Waals surface area contributed by atoms with Crippen LogP contribution in [0.2, 0.25) is 0 Å². The van der Waals surface area contributed by atoms with Gasteiger partial charge in [-0.05, 0) is 24.7 Å². The summed E-state index contributed by atoms with van der Waals surface area (Å²) in [6.45, 7) is 4.51. The zero-order chi connectivity index (χ0) is 5.15. The predicted molar refractivity (Wildman–Crippen MR) is 34.3 cm³/mol. The van der Waals surface area contributed by atoms with E-state index in [4.69, 9.17) is 0 Å². The van der Waals surface area contributed by atoms with Crippen LogP contribution in [0.25, 0.3) is 0 Å². The smallest absolute Gasteiger partial charge is 0.112 e. The Kier molecular flexibility index (Phi) is 7.64. The molecule has 2 heteroatoms. The fraction of sp³-hybridized carbons (Fsp3) is 1.00. The second kappa shape index (κ2) is 4.98. The highest BCUT2D eigenvalue weighted by Crippen LogP contribution is 1.93. The summed E-state index contributed by atoms with van der Waals surface area (Å²) < 4.78 is 0. The first kappa shape index (κ1) is 10.7. The highest BCUT2D eigenvalue weighted by atomic mass is 79.9. The van der Waals surface area contributed by atoms with E-state index in [2.05, 4.69) is 26.4 Å². The zero-order valence-corrected chi connectivity index (χ0v) is 7.77. The molecule has 46 valence electrons. The lowest BCUT2D eigenvalue weighted by molar-refractivity contribution is -0.00000155. The van der Waals surface area contributed by atoms with Crippen molar-refractivity contribution in [1.82, 2.24) is 0 Å². The van der Waals surface area contributed by atoms with Crippen LogP contribution in [0.1, 0.15) is 13.8 Å². The van der Waals surface area contributed by atoms with Crippen molar-refractivity contribution in [3.8, 4) is 0 Å². The van der Waals surface area contributed by atoms with Crippen molar-refractivity contribution in [2.45, 2.75) is 19.1 Å². The Morgan fingerprint density at radius 3 is 1.29 bits per heavy atom. The van der Waals surface area contributed by atoms with Gasteiger partial charge in [-0.15, -0.1) is 0 Å². The number of hydrogen-bond acceptors (Lipinski definition) is 0. The summed E-state index contributed by atoms with van der Waals surface area (Å²) >= 11 is 0. The lowest BCUT2D eigenvalue weighted by atomic mass is 10.6. The summed E-state index contributed by atoms with van der Waals surface area (Å²) in [5.41, 5.74) is 0. The van der Waals surface area contributed by atoms with Gasteiger partial charge in [-0.25, -0.2) is 0 Å². The van der Waals surface area contributed by atoms with E-state index < -0.39 is 0 Å². The maximum Gasteiger partial charge on any atom is 0.112 e. The van der Waals surface area contributed by atoms with Crippen molar-refractivity contribution >= 4 is 10.9 Å². The molecule has 0 nitrogen and oxygen atoms in total. The Balaban J connectivity index is 0. The fourth-order valence-electron chi connectivity index (χ4n) is 0. The Morgan fingerprint density at radius 1 is 1.14 bits per heavy atom. The SMILES string of the molecule is CC(C)[S+](C)C.[Br-]. The first-order chi connectivity index (χ1) is 2.64. The van der Waals surface area contributed by atoms with Gasteiger partial charge in [0, 0.05) is 0 Å². The van der Waals surface area contributed by atoms with Crippen molar-refractivity contribution in [1.29, 1.82) is 0 Å². The van der Waals surface area contributed by atoms with Crippen LogP contribution in [-0.4, -0.2) is 17.8 Å². The minimum atomic E-state index is 0. The van der Waals surface area contributed by atoms with Crippen LogP contribution in [0.15, 0.2) is 0 Å². The molecule has 0 heterocycles.